The lowest BCUT2D eigenvalue weighted by atomic mass is 9.99. The molecule has 1 aromatic rings. The second kappa shape index (κ2) is 8.25. The van der Waals surface area contributed by atoms with E-state index in [1.807, 2.05) is 6.07 Å². The molecule has 1 N–H and O–H groups in total. The zero-order valence-electron chi connectivity index (χ0n) is 13.5. The second-order valence-electron chi connectivity index (χ2n) is 5.92. The van der Waals surface area contributed by atoms with Crippen LogP contribution in [-0.4, -0.2) is 45.3 Å². The predicted octanol–water partition coefficient (Wildman–Crippen LogP) is 2.53. The minimum Gasteiger partial charge on any atom is -0.497 e. The zero-order chi connectivity index (χ0) is 15.1. The lowest BCUT2D eigenvalue weighted by Gasteiger charge is -2.30. The van der Waals surface area contributed by atoms with Crippen molar-refractivity contribution in [3.8, 4) is 11.5 Å². The van der Waals surface area contributed by atoms with Crippen molar-refractivity contribution in [3.63, 3.8) is 0 Å². The number of piperidine rings is 1. The van der Waals surface area contributed by atoms with Crippen LogP contribution in [0, 0.1) is 5.92 Å². The maximum Gasteiger partial charge on any atom is 0.122 e. The minimum absolute atomic E-state index is 0.844. The number of likely N-dealkylation sites (tertiary alicyclic amines) is 1. The van der Waals surface area contributed by atoms with E-state index in [4.69, 9.17) is 9.47 Å². The van der Waals surface area contributed by atoms with E-state index in [0.29, 0.717) is 0 Å². The summed E-state index contributed by atoms with van der Waals surface area (Å²) in [5.41, 5.74) is 1.19. The Balaban J connectivity index is 1.73. The maximum absolute atomic E-state index is 5.29. The molecule has 1 saturated heterocycles. The normalized spacial score (nSPS) is 16.9. The number of ether oxygens (including phenoxy) is 2. The van der Waals surface area contributed by atoms with Crippen molar-refractivity contribution in [1.82, 2.24) is 10.2 Å². The van der Waals surface area contributed by atoms with Crippen LogP contribution in [0.5, 0.6) is 11.5 Å². The molecule has 0 radical (unpaired) electrons. The summed E-state index contributed by atoms with van der Waals surface area (Å²) in [6.45, 7) is 7.84. The number of nitrogens with zero attached hydrogens (tertiary/aromatic N) is 1. The molecule has 0 spiro atoms. The molecule has 2 rings (SSSR count). The highest BCUT2D eigenvalue weighted by atomic mass is 16.5. The number of methoxy groups -OCH3 is 2. The third-order valence-corrected chi connectivity index (χ3v) is 4.22. The van der Waals surface area contributed by atoms with Gasteiger partial charge in [0.15, 0.2) is 0 Å². The molecule has 118 valence electrons. The fourth-order valence-corrected chi connectivity index (χ4v) is 2.72. The van der Waals surface area contributed by atoms with Crippen LogP contribution in [0.15, 0.2) is 18.2 Å². The average molecular weight is 292 g/mol. The topological polar surface area (TPSA) is 33.7 Å². The number of hydrogen-bond donors (Lipinski definition) is 1. The second-order valence-corrected chi connectivity index (χ2v) is 5.92. The van der Waals surface area contributed by atoms with Crippen LogP contribution in [0.1, 0.15) is 25.3 Å². The molecule has 4 nitrogen and oxygen atoms in total. The summed E-state index contributed by atoms with van der Waals surface area (Å²) in [6.07, 6.45) is 2.68. The average Bonchev–Trinajstić information content (AvgIpc) is 2.53. The van der Waals surface area contributed by atoms with Crippen molar-refractivity contribution in [2.24, 2.45) is 5.92 Å². The van der Waals surface area contributed by atoms with E-state index in [0.717, 1.165) is 37.1 Å². The Morgan fingerprint density at radius 2 is 1.71 bits per heavy atom. The van der Waals surface area contributed by atoms with Gasteiger partial charge in [-0.05, 0) is 49.5 Å². The van der Waals surface area contributed by atoms with Crippen molar-refractivity contribution in [1.29, 1.82) is 0 Å². The molecular weight excluding hydrogens is 264 g/mol. The molecule has 0 atom stereocenters. The standard InChI is InChI=1S/C17H28N2O2/c1-14-4-7-19(8-5-14)9-6-18-13-15-10-16(20-2)12-17(11-15)21-3/h10-12,14,18H,4-9,13H2,1-3H3. The van der Waals surface area contributed by atoms with Gasteiger partial charge in [0.2, 0.25) is 0 Å². The molecule has 0 saturated carbocycles. The SMILES string of the molecule is COc1cc(CNCCN2CCC(C)CC2)cc(OC)c1. The van der Waals surface area contributed by atoms with Crippen LogP contribution in [-0.2, 0) is 6.54 Å². The molecule has 1 fully saturated rings. The van der Waals surface area contributed by atoms with Gasteiger partial charge in [0.25, 0.3) is 0 Å². The summed E-state index contributed by atoms with van der Waals surface area (Å²) in [6, 6.07) is 6.01. The molecule has 0 unspecified atom stereocenters. The Labute approximate surface area is 128 Å². The maximum atomic E-state index is 5.29. The lowest BCUT2D eigenvalue weighted by Crippen LogP contribution is -2.37. The lowest BCUT2D eigenvalue weighted by molar-refractivity contribution is 0.193. The fraction of sp³-hybridized carbons (Fsp3) is 0.647. The van der Waals surface area contributed by atoms with Crippen molar-refractivity contribution in [3.05, 3.63) is 23.8 Å². The third-order valence-electron chi connectivity index (χ3n) is 4.22. The van der Waals surface area contributed by atoms with Gasteiger partial charge in [-0.25, -0.2) is 0 Å². The molecule has 1 aromatic carbocycles. The summed E-state index contributed by atoms with van der Waals surface area (Å²) in [4.78, 5) is 2.55. The Bertz CT molecular complexity index is 407. The Morgan fingerprint density at radius 3 is 2.29 bits per heavy atom. The summed E-state index contributed by atoms with van der Waals surface area (Å²) >= 11 is 0. The van der Waals surface area contributed by atoms with Crippen LogP contribution in [0.25, 0.3) is 0 Å². The van der Waals surface area contributed by atoms with Crippen molar-refractivity contribution in [2.45, 2.75) is 26.3 Å². The molecule has 21 heavy (non-hydrogen) atoms. The van der Waals surface area contributed by atoms with Gasteiger partial charge in [-0.2, -0.15) is 0 Å². The molecule has 0 bridgehead atoms. The summed E-state index contributed by atoms with van der Waals surface area (Å²) < 4.78 is 10.6. The van der Waals surface area contributed by atoms with Gasteiger partial charge in [-0.1, -0.05) is 6.92 Å². The monoisotopic (exact) mass is 292 g/mol. The zero-order valence-corrected chi connectivity index (χ0v) is 13.5. The first-order valence-electron chi connectivity index (χ1n) is 7.86. The third kappa shape index (κ3) is 5.21. The quantitative estimate of drug-likeness (QED) is 0.783. The van der Waals surface area contributed by atoms with Gasteiger partial charge >= 0.3 is 0 Å². The Kier molecular flexibility index (Phi) is 6.33. The molecular formula is C17H28N2O2. The Morgan fingerprint density at radius 1 is 1.10 bits per heavy atom. The van der Waals surface area contributed by atoms with E-state index in [9.17, 15) is 0 Å². The van der Waals surface area contributed by atoms with E-state index in [1.54, 1.807) is 14.2 Å². The molecule has 0 amide bonds. The first kappa shape index (κ1) is 16.1. The summed E-state index contributed by atoms with van der Waals surface area (Å²) in [5, 5.41) is 3.51. The van der Waals surface area contributed by atoms with Gasteiger partial charge < -0.3 is 19.7 Å². The van der Waals surface area contributed by atoms with Crippen LogP contribution < -0.4 is 14.8 Å². The van der Waals surface area contributed by atoms with Crippen LogP contribution in [0.2, 0.25) is 0 Å². The van der Waals surface area contributed by atoms with Gasteiger partial charge in [-0.15, -0.1) is 0 Å². The smallest absolute Gasteiger partial charge is 0.122 e. The largest absolute Gasteiger partial charge is 0.497 e. The van der Waals surface area contributed by atoms with Crippen molar-refractivity contribution < 1.29 is 9.47 Å². The number of nitrogens with one attached hydrogen (secondary N) is 1. The fourth-order valence-electron chi connectivity index (χ4n) is 2.72. The summed E-state index contributed by atoms with van der Waals surface area (Å²) in [7, 11) is 3.37. The predicted molar refractivity (Wildman–Crippen MR) is 86.1 cm³/mol. The summed E-state index contributed by atoms with van der Waals surface area (Å²) in [5.74, 6) is 2.59. The molecule has 1 heterocycles. The van der Waals surface area contributed by atoms with E-state index >= 15 is 0 Å². The van der Waals surface area contributed by atoms with E-state index in [2.05, 4.69) is 29.3 Å². The van der Waals surface area contributed by atoms with Gasteiger partial charge in [-0.3, -0.25) is 0 Å². The van der Waals surface area contributed by atoms with Crippen LogP contribution in [0.3, 0.4) is 0 Å². The molecule has 4 heteroatoms. The first-order valence-corrected chi connectivity index (χ1v) is 7.86. The van der Waals surface area contributed by atoms with Crippen molar-refractivity contribution in [2.75, 3.05) is 40.4 Å². The van der Waals surface area contributed by atoms with E-state index in [-0.39, 0.29) is 0 Å². The molecule has 1 aliphatic heterocycles. The number of rotatable bonds is 7. The molecule has 1 aliphatic rings. The van der Waals surface area contributed by atoms with Gasteiger partial charge in [0, 0.05) is 25.7 Å². The minimum atomic E-state index is 0.844. The highest BCUT2D eigenvalue weighted by Gasteiger charge is 2.14. The van der Waals surface area contributed by atoms with Crippen LogP contribution >= 0.6 is 0 Å². The highest BCUT2D eigenvalue weighted by molar-refractivity contribution is 5.38. The molecule has 0 aliphatic carbocycles. The number of benzene rings is 1. The van der Waals surface area contributed by atoms with Gasteiger partial charge in [0.05, 0.1) is 14.2 Å². The van der Waals surface area contributed by atoms with Gasteiger partial charge in [0.1, 0.15) is 11.5 Å². The number of hydrogen-bond acceptors (Lipinski definition) is 4. The van der Waals surface area contributed by atoms with Crippen molar-refractivity contribution >= 4 is 0 Å². The molecule has 0 aromatic heterocycles. The van der Waals surface area contributed by atoms with E-state index < -0.39 is 0 Å². The van der Waals surface area contributed by atoms with E-state index in [1.165, 1.54) is 31.5 Å². The Hall–Kier alpha value is -1.26. The first-order chi connectivity index (χ1) is 10.2. The highest BCUT2D eigenvalue weighted by Crippen LogP contribution is 2.22. The van der Waals surface area contributed by atoms with Crippen LogP contribution in [0.4, 0.5) is 0 Å².